The van der Waals surface area contributed by atoms with Gasteiger partial charge in [0.15, 0.2) is 6.61 Å². The van der Waals surface area contributed by atoms with E-state index >= 15 is 0 Å². The molecule has 1 fully saturated rings. The fourth-order valence-corrected chi connectivity index (χ4v) is 3.58. The van der Waals surface area contributed by atoms with Crippen molar-refractivity contribution in [2.24, 2.45) is 0 Å². The number of aromatic carboxylic acids is 1. The number of carboxylic acid groups (broad SMARTS) is 1. The first-order valence-corrected chi connectivity index (χ1v) is 9.92. The molecule has 2 aromatic carbocycles. The smallest absolute Gasteiger partial charge is 0.336 e. The Morgan fingerprint density at radius 2 is 1.77 bits per heavy atom. The topological polar surface area (TPSA) is 79.7 Å². The van der Waals surface area contributed by atoms with Crippen LogP contribution in [0.4, 0.5) is 0 Å². The third-order valence-electron chi connectivity index (χ3n) is 5.13. The lowest BCUT2D eigenvalue weighted by Crippen LogP contribution is -2.32. The van der Waals surface area contributed by atoms with Gasteiger partial charge in [-0.25, -0.2) is 9.78 Å². The minimum Gasteiger partial charge on any atom is -0.483 e. The number of likely N-dealkylation sites (tertiary alicyclic amines) is 1. The monoisotopic (exact) mass is 402 g/mol. The zero-order valence-electron chi connectivity index (χ0n) is 16.5. The van der Waals surface area contributed by atoms with E-state index in [0.29, 0.717) is 22.3 Å². The van der Waals surface area contributed by atoms with Crippen molar-refractivity contribution in [3.05, 3.63) is 71.4 Å². The highest BCUT2D eigenvalue weighted by molar-refractivity contribution is 6.03. The molecule has 0 spiro atoms. The van der Waals surface area contributed by atoms with E-state index in [-0.39, 0.29) is 18.1 Å². The standard InChI is InChI=1S/C24H22N2O4/c27-23(26-13-5-6-14-26)16-30-22-10-4-1-7-17(22)11-12-18-15-20(24(28)29)19-8-2-3-9-21(19)25-18/h1-4,7-12,15H,5-6,13-14,16H2,(H,28,29). The van der Waals surface area contributed by atoms with Gasteiger partial charge < -0.3 is 14.7 Å². The van der Waals surface area contributed by atoms with Gasteiger partial charge in [-0.05, 0) is 43.2 Å². The van der Waals surface area contributed by atoms with Gasteiger partial charge in [-0.1, -0.05) is 36.4 Å². The number of carbonyl (C=O) groups is 2. The maximum Gasteiger partial charge on any atom is 0.336 e. The molecule has 2 heterocycles. The van der Waals surface area contributed by atoms with Gasteiger partial charge in [-0.2, -0.15) is 0 Å². The van der Waals surface area contributed by atoms with Crippen LogP contribution < -0.4 is 4.74 Å². The van der Waals surface area contributed by atoms with Crippen LogP contribution in [0.3, 0.4) is 0 Å². The number of carboxylic acids is 1. The van der Waals surface area contributed by atoms with Gasteiger partial charge in [0, 0.05) is 24.0 Å². The molecule has 1 aliphatic rings. The van der Waals surface area contributed by atoms with Crippen molar-refractivity contribution in [1.82, 2.24) is 9.88 Å². The average molecular weight is 402 g/mol. The highest BCUT2D eigenvalue weighted by Crippen LogP contribution is 2.23. The molecule has 152 valence electrons. The van der Waals surface area contributed by atoms with Crippen molar-refractivity contribution < 1.29 is 19.4 Å². The Hall–Kier alpha value is -3.67. The van der Waals surface area contributed by atoms with Crippen molar-refractivity contribution in [3.8, 4) is 5.75 Å². The average Bonchev–Trinajstić information content (AvgIpc) is 3.31. The molecule has 0 atom stereocenters. The molecule has 1 aliphatic heterocycles. The Kier molecular flexibility index (Phi) is 5.75. The Bertz CT molecular complexity index is 1120. The van der Waals surface area contributed by atoms with Crippen LogP contribution in [-0.2, 0) is 4.79 Å². The summed E-state index contributed by atoms with van der Waals surface area (Å²) >= 11 is 0. The number of pyridine rings is 1. The van der Waals surface area contributed by atoms with Crippen molar-refractivity contribution in [2.75, 3.05) is 19.7 Å². The summed E-state index contributed by atoms with van der Waals surface area (Å²) in [5.74, 6) is -0.401. The SMILES string of the molecule is O=C(O)c1cc(C=Cc2ccccc2OCC(=O)N2CCCC2)nc2ccccc12. The fourth-order valence-electron chi connectivity index (χ4n) is 3.58. The summed E-state index contributed by atoms with van der Waals surface area (Å²) < 4.78 is 5.77. The summed E-state index contributed by atoms with van der Waals surface area (Å²) in [5, 5.41) is 10.1. The third-order valence-corrected chi connectivity index (χ3v) is 5.13. The molecule has 0 aliphatic carbocycles. The number of para-hydroxylation sites is 2. The third kappa shape index (κ3) is 4.33. The maximum atomic E-state index is 12.3. The van der Waals surface area contributed by atoms with Crippen LogP contribution in [0, 0.1) is 0 Å². The largest absolute Gasteiger partial charge is 0.483 e. The number of benzene rings is 2. The first-order valence-electron chi connectivity index (χ1n) is 9.92. The normalized spacial score (nSPS) is 13.8. The van der Waals surface area contributed by atoms with Gasteiger partial charge in [-0.15, -0.1) is 0 Å². The first-order chi connectivity index (χ1) is 14.6. The zero-order valence-corrected chi connectivity index (χ0v) is 16.5. The number of carbonyl (C=O) groups excluding carboxylic acids is 1. The molecule has 4 rings (SSSR count). The van der Waals surface area contributed by atoms with Gasteiger partial charge in [0.05, 0.1) is 16.8 Å². The number of aromatic nitrogens is 1. The maximum absolute atomic E-state index is 12.3. The summed E-state index contributed by atoms with van der Waals surface area (Å²) in [6.45, 7) is 1.59. The van der Waals surface area contributed by atoms with Gasteiger partial charge in [0.1, 0.15) is 5.75 Å². The molecule has 6 nitrogen and oxygen atoms in total. The molecular formula is C24H22N2O4. The predicted molar refractivity (Wildman–Crippen MR) is 115 cm³/mol. The van der Waals surface area contributed by atoms with Crippen molar-refractivity contribution in [2.45, 2.75) is 12.8 Å². The van der Waals surface area contributed by atoms with Crippen molar-refractivity contribution >= 4 is 34.9 Å². The molecule has 3 aromatic rings. The van der Waals surface area contributed by atoms with Crippen LogP contribution >= 0.6 is 0 Å². The summed E-state index contributed by atoms with van der Waals surface area (Å²) in [4.78, 5) is 30.3. The molecule has 1 amide bonds. The van der Waals surface area contributed by atoms with E-state index < -0.39 is 5.97 Å². The van der Waals surface area contributed by atoms with E-state index in [4.69, 9.17) is 4.74 Å². The molecule has 0 bridgehead atoms. The minimum atomic E-state index is -0.993. The van der Waals surface area contributed by atoms with E-state index in [1.807, 2.05) is 41.3 Å². The van der Waals surface area contributed by atoms with Gasteiger partial charge in [0.25, 0.3) is 5.91 Å². The second kappa shape index (κ2) is 8.78. The lowest BCUT2D eigenvalue weighted by molar-refractivity contribution is -0.132. The second-order valence-electron chi connectivity index (χ2n) is 7.16. The van der Waals surface area contributed by atoms with Crippen LogP contribution in [0.2, 0.25) is 0 Å². The van der Waals surface area contributed by atoms with Crippen LogP contribution in [0.1, 0.15) is 34.5 Å². The van der Waals surface area contributed by atoms with E-state index in [0.717, 1.165) is 31.5 Å². The number of rotatable bonds is 6. The zero-order chi connectivity index (χ0) is 20.9. The van der Waals surface area contributed by atoms with E-state index in [1.54, 1.807) is 30.3 Å². The van der Waals surface area contributed by atoms with E-state index in [9.17, 15) is 14.7 Å². The summed E-state index contributed by atoms with van der Waals surface area (Å²) in [6, 6.07) is 16.1. The number of hydrogen-bond donors (Lipinski definition) is 1. The molecule has 0 radical (unpaired) electrons. The van der Waals surface area contributed by atoms with Crippen LogP contribution in [0.15, 0.2) is 54.6 Å². The van der Waals surface area contributed by atoms with E-state index in [1.165, 1.54) is 0 Å². The lowest BCUT2D eigenvalue weighted by Gasteiger charge is -2.16. The lowest BCUT2D eigenvalue weighted by atomic mass is 10.1. The number of fused-ring (bicyclic) bond motifs is 1. The quantitative estimate of drug-likeness (QED) is 0.671. The molecule has 30 heavy (non-hydrogen) atoms. The van der Waals surface area contributed by atoms with E-state index in [2.05, 4.69) is 4.98 Å². The van der Waals surface area contributed by atoms with Crippen LogP contribution in [0.5, 0.6) is 5.75 Å². The van der Waals surface area contributed by atoms with Gasteiger partial charge >= 0.3 is 5.97 Å². The molecule has 1 saturated heterocycles. The van der Waals surface area contributed by atoms with Crippen molar-refractivity contribution in [1.29, 1.82) is 0 Å². The van der Waals surface area contributed by atoms with Crippen molar-refractivity contribution in [3.63, 3.8) is 0 Å². The number of hydrogen-bond acceptors (Lipinski definition) is 4. The summed E-state index contributed by atoms with van der Waals surface area (Å²) in [5.41, 5.74) is 2.16. The molecule has 0 saturated carbocycles. The van der Waals surface area contributed by atoms with Crippen LogP contribution in [-0.4, -0.2) is 46.6 Å². The molecule has 1 N–H and O–H groups in total. The first kappa shape index (κ1) is 19.6. The number of ether oxygens (including phenoxy) is 1. The molecule has 6 heteroatoms. The number of nitrogens with zero attached hydrogens (tertiary/aromatic N) is 2. The minimum absolute atomic E-state index is 0.00222. The van der Waals surface area contributed by atoms with Gasteiger partial charge in [-0.3, -0.25) is 4.79 Å². The Morgan fingerprint density at radius 3 is 2.57 bits per heavy atom. The highest BCUT2D eigenvalue weighted by Gasteiger charge is 2.18. The highest BCUT2D eigenvalue weighted by atomic mass is 16.5. The summed E-state index contributed by atoms with van der Waals surface area (Å²) in [7, 11) is 0. The predicted octanol–water partition coefficient (Wildman–Crippen LogP) is 4.10. The Balaban J connectivity index is 1.56. The van der Waals surface area contributed by atoms with Gasteiger partial charge in [0.2, 0.25) is 0 Å². The molecule has 1 aromatic heterocycles. The molecular weight excluding hydrogens is 380 g/mol. The second-order valence-corrected chi connectivity index (χ2v) is 7.16. The Labute approximate surface area is 174 Å². The Morgan fingerprint density at radius 1 is 1.03 bits per heavy atom. The number of amides is 1. The summed E-state index contributed by atoms with van der Waals surface area (Å²) in [6.07, 6.45) is 5.66. The van der Waals surface area contributed by atoms with Crippen LogP contribution in [0.25, 0.3) is 23.1 Å². The fraction of sp³-hybridized carbons (Fsp3) is 0.208. The molecule has 0 unspecified atom stereocenters.